The third-order valence-electron chi connectivity index (χ3n) is 4.17. The van der Waals surface area contributed by atoms with E-state index in [4.69, 9.17) is 4.74 Å². The normalized spacial score (nSPS) is 11.9. The van der Waals surface area contributed by atoms with E-state index in [2.05, 4.69) is 27.8 Å². The third kappa shape index (κ3) is 4.12. The summed E-state index contributed by atoms with van der Waals surface area (Å²) in [5, 5.41) is 7.41. The first-order chi connectivity index (χ1) is 12.2. The molecule has 130 valence electrons. The Kier molecular flexibility index (Phi) is 5.23. The number of aromatic nitrogens is 1. The van der Waals surface area contributed by atoms with Crippen LogP contribution >= 0.6 is 0 Å². The van der Waals surface area contributed by atoms with E-state index in [0.29, 0.717) is 13.0 Å². The number of hydrogen-bond donors (Lipinski definition) is 3. The quantitative estimate of drug-likeness (QED) is 0.616. The zero-order chi connectivity index (χ0) is 17.6. The number of anilines is 1. The number of nitrogens with one attached hydrogen (secondary N) is 3. The molecule has 0 fully saturated rings. The van der Waals surface area contributed by atoms with Crippen LogP contribution in [0.1, 0.15) is 19.0 Å². The van der Waals surface area contributed by atoms with Gasteiger partial charge >= 0.3 is 0 Å². The molecule has 0 aliphatic heterocycles. The van der Waals surface area contributed by atoms with Gasteiger partial charge in [-0.15, -0.1) is 0 Å². The molecule has 5 nitrogen and oxygen atoms in total. The highest BCUT2D eigenvalue weighted by molar-refractivity contribution is 5.85. The molecular weight excluding hydrogens is 314 g/mol. The van der Waals surface area contributed by atoms with Crippen molar-refractivity contribution in [2.45, 2.75) is 25.9 Å². The molecule has 5 heteroatoms. The Labute approximate surface area is 147 Å². The summed E-state index contributed by atoms with van der Waals surface area (Å²) < 4.78 is 5.22. The Hall–Kier alpha value is -2.95. The third-order valence-corrected chi connectivity index (χ3v) is 4.17. The SMILES string of the molecule is CC[C@H](Nc1cccc(OC)c1)C(=O)NCc1cc2ccccc2[nH]1. The van der Waals surface area contributed by atoms with Gasteiger partial charge in [0.05, 0.1) is 13.7 Å². The van der Waals surface area contributed by atoms with Crippen LogP contribution in [0.5, 0.6) is 5.75 Å². The highest BCUT2D eigenvalue weighted by Gasteiger charge is 2.16. The van der Waals surface area contributed by atoms with E-state index in [1.165, 1.54) is 0 Å². The smallest absolute Gasteiger partial charge is 0.242 e. The number of benzene rings is 2. The van der Waals surface area contributed by atoms with Crippen molar-refractivity contribution in [3.8, 4) is 5.75 Å². The molecule has 0 spiro atoms. The number of ether oxygens (including phenoxy) is 1. The predicted molar refractivity (Wildman–Crippen MR) is 101 cm³/mol. The minimum absolute atomic E-state index is 0.0241. The van der Waals surface area contributed by atoms with Crippen LogP contribution in [0.4, 0.5) is 5.69 Å². The summed E-state index contributed by atoms with van der Waals surface area (Å²) in [6.07, 6.45) is 0.690. The van der Waals surface area contributed by atoms with E-state index >= 15 is 0 Å². The van der Waals surface area contributed by atoms with Gasteiger partial charge in [-0.3, -0.25) is 4.79 Å². The maximum atomic E-state index is 12.5. The largest absolute Gasteiger partial charge is 0.497 e. The molecule has 0 aliphatic carbocycles. The number of rotatable bonds is 7. The van der Waals surface area contributed by atoms with Crippen molar-refractivity contribution in [3.63, 3.8) is 0 Å². The van der Waals surface area contributed by atoms with Crippen molar-refractivity contribution in [3.05, 3.63) is 60.3 Å². The van der Waals surface area contributed by atoms with Gasteiger partial charge in [-0.1, -0.05) is 31.2 Å². The molecule has 3 rings (SSSR count). The molecule has 3 N–H and O–H groups in total. The van der Waals surface area contributed by atoms with Crippen LogP contribution in [-0.2, 0) is 11.3 Å². The number of amides is 1. The van der Waals surface area contributed by atoms with Crippen molar-refractivity contribution < 1.29 is 9.53 Å². The van der Waals surface area contributed by atoms with E-state index in [1.54, 1.807) is 7.11 Å². The maximum absolute atomic E-state index is 12.5. The Morgan fingerprint density at radius 3 is 2.76 bits per heavy atom. The fraction of sp³-hybridized carbons (Fsp3) is 0.250. The lowest BCUT2D eigenvalue weighted by molar-refractivity contribution is -0.122. The fourth-order valence-electron chi connectivity index (χ4n) is 2.80. The first-order valence-corrected chi connectivity index (χ1v) is 8.44. The topological polar surface area (TPSA) is 66.2 Å². The zero-order valence-corrected chi connectivity index (χ0v) is 14.5. The Morgan fingerprint density at radius 2 is 2.00 bits per heavy atom. The summed E-state index contributed by atoms with van der Waals surface area (Å²) in [4.78, 5) is 15.8. The second-order valence-corrected chi connectivity index (χ2v) is 5.94. The predicted octanol–water partition coefficient (Wildman–Crippen LogP) is 3.68. The second kappa shape index (κ2) is 7.75. The Bertz CT molecular complexity index is 824. The van der Waals surface area contributed by atoms with Crippen LogP contribution in [0.15, 0.2) is 54.6 Å². The number of aromatic amines is 1. The van der Waals surface area contributed by atoms with Gasteiger partial charge in [0.25, 0.3) is 0 Å². The first kappa shape index (κ1) is 16.9. The van der Waals surface area contributed by atoms with Crippen molar-refractivity contribution in [1.29, 1.82) is 0 Å². The van der Waals surface area contributed by atoms with Gasteiger partial charge in [0.2, 0.25) is 5.91 Å². The van der Waals surface area contributed by atoms with E-state index in [1.807, 2.05) is 49.4 Å². The number of hydrogen-bond acceptors (Lipinski definition) is 3. The van der Waals surface area contributed by atoms with Crippen molar-refractivity contribution >= 4 is 22.5 Å². The van der Waals surface area contributed by atoms with Gasteiger partial charge in [-0.25, -0.2) is 0 Å². The highest BCUT2D eigenvalue weighted by atomic mass is 16.5. The van der Waals surface area contributed by atoms with Crippen LogP contribution in [0.3, 0.4) is 0 Å². The molecule has 2 aromatic carbocycles. The second-order valence-electron chi connectivity index (χ2n) is 5.94. The molecule has 25 heavy (non-hydrogen) atoms. The molecule has 0 bridgehead atoms. The number of carbonyl (C=O) groups is 1. The summed E-state index contributed by atoms with van der Waals surface area (Å²) >= 11 is 0. The van der Waals surface area contributed by atoms with Crippen LogP contribution in [0.25, 0.3) is 10.9 Å². The summed E-state index contributed by atoms with van der Waals surface area (Å²) in [7, 11) is 1.63. The van der Waals surface area contributed by atoms with Crippen molar-refractivity contribution in [2.24, 2.45) is 0 Å². The lowest BCUT2D eigenvalue weighted by Crippen LogP contribution is -2.38. The number of methoxy groups -OCH3 is 1. The molecular formula is C20H23N3O2. The molecule has 0 radical (unpaired) electrons. The summed E-state index contributed by atoms with van der Waals surface area (Å²) in [5.41, 5.74) is 2.94. The van der Waals surface area contributed by atoms with E-state index in [9.17, 15) is 4.79 Å². The number of H-pyrrole nitrogens is 1. The Balaban J connectivity index is 1.61. The molecule has 1 amide bonds. The molecule has 1 heterocycles. The van der Waals surface area contributed by atoms with Crippen molar-refractivity contribution in [2.75, 3.05) is 12.4 Å². The molecule has 0 aliphatic rings. The molecule has 3 aromatic rings. The lowest BCUT2D eigenvalue weighted by Gasteiger charge is -2.18. The molecule has 0 saturated carbocycles. The monoisotopic (exact) mass is 337 g/mol. The lowest BCUT2D eigenvalue weighted by atomic mass is 10.2. The number of fused-ring (bicyclic) bond motifs is 1. The minimum atomic E-state index is -0.295. The maximum Gasteiger partial charge on any atom is 0.242 e. The average molecular weight is 337 g/mol. The van der Waals surface area contributed by atoms with Crippen LogP contribution in [0.2, 0.25) is 0 Å². The standard InChI is InChI=1S/C20H23N3O2/c1-3-18(22-15-8-6-9-17(12-15)25-2)20(24)21-13-16-11-14-7-4-5-10-19(14)23-16/h4-12,18,22-23H,3,13H2,1-2H3,(H,21,24)/t18-/m0/s1. The van der Waals surface area contributed by atoms with Crippen molar-refractivity contribution in [1.82, 2.24) is 10.3 Å². The van der Waals surface area contributed by atoms with Crippen LogP contribution in [0, 0.1) is 0 Å². The zero-order valence-electron chi connectivity index (χ0n) is 14.5. The van der Waals surface area contributed by atoms with Gasteiger partial charge in [0, 0.05) is 23.0 Å². The minimum Gasteiger partial charge on any atom is -0.497 e. The van der Waals surface area contributed by atoms with E-state index in [0.717, 1.165) is 28.0 Å². The first-order valence-electron chi connectivity index (χ1n) is 8.44. The van der Waals surface area contributed by atoms with Gasteiger partial charge in [-0.05, 0) is 36.1 Å². The van der Waals surface area contributed by atoms with E-state index in [-0.39, 0.29) is 11.9 Å². The Morgan fingerprint density at radius 1 is 1.16 bits per heavy atom. The summed E-state index contributed by atoms with van der Waals surface area (Å²) in [5.74, 6) is 0.738. The summed E-state index contributed by atoms with van der Waals surface area (Å²) in [6, 6.07) is 17.4. The van der Waals surface area contributed by atoms with E-state index < -0.39 is 0 Å². The van der Waals surface area contributed by atoms with Crippen LogP contribution in [-0.4, -0.2) is 24.0 Å². The molecule has 0 unspecified atom stereocenters. The summed E-state index contributed by atoms with van der Waals surface area (Å²) in [6.45, 7) is 2.46. The van der Waals surface area contributed by atoms with Gasteiger partial charge < -0.3 is 20.4 Å². The van der Waals surface area contributed by atoms with Crippen LogP contribution < -0.4 is 15.4 Å². The average Bonchev–Trinajstić information content (AvgIpc) is 3.07. The molecule has 1 atom stereocenters. The highest BCUT2D eigenvalue weighted by Crippen LogP contribution is 2.18. The number of para-hydroxylation sites is 1. The van der Waals surface area contributed by atoms with Gasteiger partial charge in [0.1, 0.15) is 11.8 Å². The molecule has 0 saturated heterocycles. The van der Waals surface area contributed by atoms with Gasteiger partial charge in [-0.2, -0.15) is 0 Å². The number of carbonyl (C=O) groups excluding carboxylic acids is 1. The van der Waals surface area contributed by atoms with Gasteiger partial charge in [0.15, 0.2) is 0 Å². The molecule has 1 aromatic heterocycles. The fourth-order valence-corrected chi connectivity index (χ4v) is 2.80.